The van der Waals surface area contributed by atoms with Gasteiger partial charge < -0.3 is 9.72 Å². The zero-order chi connectivity index (χ0) is 20.2. The Morgan fingerprint density at radius 3 is 2.79 bits per heavy atom. The van der Waals surface area contributed by atoms with Crippen LogP contribution in [-0.2, 0) is 10.8 Å². The number of unbranched alkanes of at least 4 members (excludes halogenated alkanes) is 1. The number of aryl methyl sites for hydroxylation is 1. The number of aromatic nitrogens is 2. The van der Waals surface area contributed by atoms with Crippen molar-refractivity contribution in [3.05, 3.63) is 76.6 Å². The van der Waals surface area contributed by atoms with Crippen LogP contribution in [0.3, 0.4) is 0 Å². The highest BCUT2D eigenvalue weighted by Crippen LogP contribution is 2.21. The van der Waals surface area contributed by atoms with Crippen LogP contribution in [0, 0.1) is 6.92 Å². The minimum Gasteiger partial charge on any atom is -0.494 e. The first kappa shape index (κ1) is 19.3. The molecular weight excluding hydrogens is 384 g/mol. The predicted molar refractivity (Wildman–Crippen MR) is 117 cm³/mol. The van der Waals surface area contributed by atoms with Gasteiger partial charge in [0.2, 0.25) is 5.56 Å². The summed E-state index contributed by atoms with van der Waals surface area (Å²) in [5, 5.41) is 2.66. The molecule has 4 rings (SSSR count). The van der Waals surface area contributed by atoms with E-state index >= 15 is 0 Å². The van der Waals surface area contributed by atoms with Gasteiger partial charge in [0.1, 0.15) is 10.8 Å². The van der Waals surface area contributed by atoms with Crippen molar-refractivity contribution < 1.29 is 8.95 Å². The molecule has 2 aromatic carbocycles. The third-order valence-electron chi connectivity index (χ3n) is 4.82. The fourth-order valence-corrected chi connectivity index (χ4v) is 4.39. The number of fused-ring (bicyclic) bond motifs is 2. The number of H-pyrrole nitrogens is 1. The standard InChI is InChI=1S/C23H22N2O3S/c1-16-14-22(26)24-21-10-9-18(15-19(16)21)28-12-4-5-13-29(27)23-11-8-17-6-2-3-7-20(17)25-23/h2-3,6-11,14-15H,4-5,12-13H2,1H3,(H,24,26). The molecule has 6 heteroatoms. The maximum absolute atomic E-state index is 12.5. The van der Waals surface area contributed by atoms with E-state index in [9.17, 15) is 9.00 Å². The molecule has 0 spiro atoms. The summed E-state index contributed by atoms with van der Waals surface area (Å²) in [6.45, 7) is 2.47. The number of hydrogen-bond donors (Lipinski definition) is 1. The lowest BCUT2D eigenvalue weighted by Crippen LogP contribution is -2.06. The second-order valence-electron chi connectivity index (χ2n) is 6.97. The molecule has 0 aliphatic carbocycles. The molecule has 0 amide bonds. The lowest BCUT2D eigenvalue weighted by Gasteiger charge is -2.08. The van der Waals surface area contributed by atoms with Gasteiger partial charge in [0.25, 0.3) is 0 Å². The topological polar surface area (TPSA) is 72.1 Å². The van der Waals surface area contributed by atoms with E-state index in [0.29, 0.717) is 17.4 Å². The SMILES string of the molecule is Cc1cc(=O)[nH]c2ccc(OCCCCS(=O)c3ccc4ccccc4n3)cc12. The highest BCUT2D eigenvalue weighted by Gasteiger charge is 2.07. The van der Waals surface area contributed by atoms with E-state index in [-0.39, 0.29) is 5.56 Å². The van der Waals surface area contributed by atoms with Crippen LogP contribution in [0.25, 0.3) is 21.8 Å². The molecule has 5 nitrogen and oxygen atoms in total. The molecule has 29 heavy (non-hydrogen) atoms. The Morgan fingerprint density at radius 2 is 1.90 bits per heavy atom. The fraction of sp³-hybridized carbons (Fsp3) is 0.217. The van der Waals surface area contributed by atoms with E-state index in [1.165, 1.54) is 0 Å². The fourth-order valence-electron chi connectivity index (χ4n) is 3.30. The first-order valence-corrected chi connectivity index (χ1v) is 10.9. The Bertz CT molecular complexity index is 1250. The van der Waals surface area contributed by atoms with E-state index < -0.39 is 10.8 Å². The molecule has 0 aliphatic rings. The van der Waals surface area contributed by atoms with Crippen LogP contribution in [0.1, 0.15) is 18.4 Å². The van der Waals surface area contributed by atoms with Gasteiger partial charge in [0.05, 0.1) is 22.9 Å². The van der Waals surface area contributed by atoms with Crippen LogP contribution in [0.5, 0.6) is 5.75 Å². The molecule has 0 saturated carbocycles. The van der Waals surface area contributed by atoms with Crippen LogP contribution in [0.4, 0.5) is 0 Å². The number of nitrogens with one attached hydrogen (secondary N) is 1. The number of benzene rings is 2. The summed E-state index contributed by atoms with van der Waals surface area (Å²) in [6, 6.07) is 18.9. The molecule has 1 atom stereocenters. The average Bonchev–Trinajstić information content (AvgIpc) is 2.73. The van der Waals surface area contributed by atoms with Gasteiger partial charge in [-0.25, -0.2) is 4.98 Å². The van der Waals surface area contributed by atoms with Crippen LogP contribution in [0.15, 0.2) is 70.5 Å². The molecule has 148 valence electrons. The highest BCUT2D eigenvalue weighted by molar-refractivity contribution is 7.84. The molecule has 0 aliphatic heterocycles. The highest BCUT2D eigenvalue weighted by atomic mass is 32.2. The third kappa shape index (κ3) is 4.54. The first-order chi connectivity index (χ1) is 14.1. The zero-order valence-corrected chi connectivity index (χ0v) is 17.0. The van der Waals surface area contributed by atoms with Gasteiger partial charge in [0.15, 0.2) is 0 Å². The van der Waals surface area contributed by atoms with E-state index in [4.69, 9.17) is 4.74 Å². The lowest BCUT2D eigenvalue weighted by molar-refractivity contribution is 0.310. The van der Waals surface area contributed by atoms with Crippen molar-refractivity contribution in [2.24, 2.45) is 0 Å². The quantitative estimate of drug-likeness (QED) is 0.463. The van der Waals surface area contributed by atoms with Gasteiger partial charge in [-0.2, -0.15) is 0 Å². The Morgan fingerprint density at radius 1 is 1.03 bits per heavy atom. The molecule has 0 radical (unpaired) electrons. The molecule has 2 heterocycles. The van der Waals surface area contributed by atoms with Crippen molar-refractivity contribution in [3.8, 4) is 5.75 Å². The van der Waals surface area contributed by atoms with E-state index in [1.54, 1.807) is 6.07 Å². The molecule has 0 fully saturated rings. The normalized spacial score (nSPS) is 12.3. The summed E-state index contributed by atoms with van der Waals surface area (Å²) in [6.07, 6.45) is 1.60. The number of rotatable bonds is 7. The number of ether oxygens (including phenoxy) is 1. The zero-order valence-electron chi connectivity index (χ0n) is 16.2. The summed E-state index contributed by atoms with van der Waals surface area (Å²) in [5.74, 6) is 1.33. The summed E-state index contributed by atoms with van der Waals surface area (Å²) >= 11 is 0. The van der Waals surface area contributed by atoms with Crippen LogP contribution in [-0.4, -0.2) is 26.5 Å². The Kier molecular flexibility index (Phi) is 5.71. The monoisotopic (exact) mass is 406 g/mol. The number of nitrogens with zero attached hydrogens (tertiary/aromatic N) is 1. The summed E-state index contributed by atoms with van der Waals surface area (Å²) in [5.41, 5.74) is 2.50. The van der Waals surface area contributed by atoms with Crippen molar-refractivity contribution in [2.75, 3.05) is 12.4 Å². The summed E-state index contributed by atoms with van der Waals surface area (Å²) in [7, 11) is -1.11. The van der Waals surface area contributed by atoms with Gasteiger partial charge >= 0.3 is 0 Å². The van der Waals surface area contributed by atoms with Crippen molar-refractivity contribution in [1.82, 2.24) is 9.97 Å². The molecule has 4 aromatic rings. The maximum atomic E-state index is 12.5. The smallest absolute Gasteiger partial charge is 0.248 e. The largest absolute Gasteiger partial charge is 0.494 e. The lowest BCUT2D eigenvalue weighted by atomic mass is 10.1. The van der Waals surface area contributed by atoms with Crippen molar-refractivity contribution in [1.29, 1.82) is 0 Å². The van der Waals surface area contributed by atoms with Crippen LogP contribution in [0.2, 0.25) is 0 Å². The number of aromatic amines is 1. The van der Waals surface area contributed by atoms with E-state index in [1.807, 2.05) is 61.5 Å². The van der Waals surface area contributed by atoms with Crippen LogP contribution < -0.4 is 10.3 Å². The minimum absolute atomic E-state index is 0.0995. The Labute approximate surface area is 171 Å². The molecule has 0 bridgehead atoms. The van der Waals surface area contributed by atoms with Gasteiger partial charge in [-0.15, -0.1) is 0 Å². The van der Waals surface area contributed by atoms with Crippen molar-refractivity contribution in [3.63, 3.8) is 0 Å². The average molecular weight is 407 g/mol. The maximum Gasteiger partial charge on any atom is 0.248 e. The number of hydrogen-bond acceptors (Lipinski definition) is 4. The molecule has 2 aromatic heterocycles. The van der Waals surface area contributed by atoms with E-state index in [2.05, 4.69) is 9.97 Å². The van der Waals surface area contributed by atoms with Crippen molar-refractivity contribution in [2.45, 2.75) is 24.8 Å². The second kappa shape index (κ2) is 8.57. The van der Waals surface area contributed by atoms with E-state index in [0.717, 1.165) is 46.0 Å². The Balaban J connectivity index is 1.29. The second-order valence-corrected chi connectivity index (χ2v) is 8.49. The summed E-state index contributed by atoms with van der Waals surface area (Å²) < 4.78 is 18.3. The van der Waals surface area contributed by atoms with Gasteiger partial charge in [-0.05, 0) is 55.7 Å². The number of para-hydroxylation sites is 1. The van der Waals surface area contributed by atoms with Crippen molar-refractivity contribution >= 4 is 32.6 Å². The van der Waals surface area contributed by atoms with Gasteiger partial charge in [0, 0.05) is 28.1 Å². The van der Waals surface area contributed by atoms with Gasteiger partial charge in [-0.3, -0.25) is 9.00 Å². The molecular formula is C23H22N2O3S. The minimum atomic E-state index is -1.11. The predicted octanol–water partition coefficient (Wildman–Crippen LogP) is 4.35. The van der Waals surface area contributed by atoms with Gasteiger partial charge in [-0.1, -0.05) is 24.3 Å². The third-order valence-corrected chi connectivity index (χ3v) is 6.17. The Hall–Kier alpha value is -2.99. The van der Waals surface area contributed by atoms with Crippen LogP contribution >= 0.6 is 0 Å². The molecule has 0 saturated heterocycles. The molecule has 1 N–H and O–H groups in total. The first-order valence-electron chi connectivity index (χ1n) is 9.61. The summed E-state index contributed by atoms with van der Waals surface area (Å²) in [4.78, 5) is 18.9. The number of pyridine rings is 2. The molecule has 1 unspecified atom stereocenters.